The van der Waals surface area contributed by atoms with Gasteiger partial charge in [-0.3, -0.25) is 14.3 Å². The van der Waals surface area contributed by atoms with Crippen molar-refractivity contribution in [2.24, 2.45) is 0 Å². The Labute approximate surface area is 236 Å². The number of nitrogens with one attached hydrogen (secondary N) is 1. The van der Waals surface area contributed by atoms with Crippen LogP contribution in [0.4, 0.5) is 11.6 Å². The summed E-state index contributed by atoms with van der Waals surface area (Å²) >= 11 is 6.69. The van der Waals surface area contributed by atoms with Gasteiger partial charge in [0.25, 0.3) is 0 Å². The number of ether oxygens (including phenoxy) is 2. The molecule has 4 aromatic heterocycles. The number of nitrogens with zero attached hydrogens (tertiary/aromatic N) is 8. The van der Waals surface area contributed by atoms with Crippen molar-refractivity contribution in [1.29, 1.82) is 0 Å². The molecule has 1 aromatic carbocycles. The van der Waals surface area contributed by atoms with Gasteiger partial charge >= 0.3 is 0 Å². The van der Waals surface area contributed by atoms with Crippen LogP contribution in [0.25, 0.3) is 27.8 Å². The van der Waals surface area contributed by atoms with Crippen LogP contribution in [0.5, 0.6) is 11.5 Å². The normalized spacial score (nSPS) is 14.6. The van der Waals surface area contributed by atoms with E-state index in [0.717, 1.165) is 61.6 Å². The third-order valence-corrected chi connectivity index (χ3v) is 7.64. The van der Waals surface area contributed by atoms with Crippen molar-refractivity contribution in [2.75, 3.05) is 52.3 Å². The lowest BCUT2D eigenvalue weighted by Crippen LogP contribution is -2.45. The van der Waals surface area contributed by atoms with Gasteiger partial charge in [0.05, 0.1) is 36.8 Å². The number of fused-ring (bicyclic) bond motifs is 3. The lowest BCUT2D eigenvalue weighted by molar-refractivity contribution is 0.131. The summed E-state index contributed by atoms with van der Waals surface area (Å²) in [5.74, 6) is 1.56. The maximum Gasteiger partial charge on any atom is 0.229 e. The third-order valence-electron chi connectivity index (χ3n) is 7.25. The molecule has 0 aliphatic carbocycles. The number of piperazine rings is 1. The van der Waals surface area contributed by atoms with E-state index in [9.17, 15) is 0 Å². The largest absolute Gasteiger partial charge is 0.497 e. The minimum Gasteiger partial charge on any atom is -0.497 e. The first-order chi connectivity index (χ1) is 19.6. The number of pyridine rings is 2. The maximum absolute atomic E-state index is 6.69. The van der Waals surface area contributed by atoms with E-state index in [0.29, 0.717) is 39.3 Å². The molecule has 1 aliphatic rings. The molecule has 0 spiro atoms. The number of methoxy groups -OCH3 is 2. The first-order valence-electron chi connectivity index (χ1n) is 13.1. The highest BCUT2D eigenvalue weighted by atomic mass is 35.5. The average Bonchev–Trinajstić information content (AvgIpc) is 3.49. The minimum absolute atomic E-state index is 0.446. The highest BCUT2D eigenvalue weighted by molar-refractivity contribution is 6.35. The van der Waals surface area contributed by atoms with Gasteiger partial charge in [-0.1, -0.05) is 18.5 Å². The molecule has 5 heterocycles. The van der Waals surface area contributed by atoms with Crippen molar-refractivity contribution >= 4 is 39.9 Å². The van der Waals surface area contributed by atoms with E-state index < -0.39 is 0 Å². The van der Waals surface area contributed by atoms with Gasteiger partial charge in [0.1, 0.15) is 17.8 Å². The molecule has 6 rings (SSSR count). The molecule has 0 bridgehead atoms. The molecule has 0 unspecified atom stereocenters. The fourth-order valence-electron chi connectivity index (χ4n) is 4.98. The Kier molecular flexibility index (Phi) is 7.33. The summed E-state index contributed by atoms with van der Waals surface area (Å²) in [4.78, 5) is 18.9. The second-order valence-electron chi connectivity index (χ2n) is 9.62. The summed E-state index contributed by atoms with van der Waals surface area (Å²) in [7, 11) is 3.16. The quantitative estimate of drug-likeness (QED) is 0.296. The number of rotatable bonds is 8. The molecule has 0 amide bonds. The number of likely N-dealkylation sites (N-methyl/N-ethyl adjacent to an activating group) is 1. The Morgan fingerprint density at radius 1 is 0.925 bits per heavy atom. The van der Waals surface area contributed by atoms with Crippen LogP contribution < -0.4 is 14.8 Å². The van der Waals surface area contributed by atoms with Crippen molar-refractivity contribution in [1.82, 2.24) is 39.3 Å². The van der Waals surface area contributed by atoms with Crippen LogP contribution in [0.1, 0.15) is 12.6 Å². The molecule has 1 saturated heterocycles. The molecule has 40 heavy (non-hydrogen) atoms. The number of anilines is 2. The zero-order valence-electron chi connectivity index (χ0n) is 22.6. The molecule has 0 atom stereocenters. The van der Waals surface area contributed by atoms with Crippen molar-refractivity contribution in [3.05, 3.63) is 59.8 Å². The predicted molar refractivity (Wildman–Crippen MR) is 155 cm³/mol. The van der Waals surface area contributed by atoms with Gasteiger partial charge in [-0.15, -0.1) is 10.2 Å². The summed E-state index contributed by atoms with van der Waals surface area (Å²) in [5.41, 5.74) is 4.57. The predicted octanol–water partition coefficient (Wildman–Crippen LogP) is 4.29. The summed E-state index contributed by atoms with van der Waals surface area (Å²) in [6, 6.07) is 9.59. The molecule has 12 heteroatoms. The third kappa shape index (κ3) is 5.10. The van der Waals surface area contributed by atoms with E-state index >= 15 is 0 Å². The maximum atomic E-state index is 6.69. The molecule has 0 radical (unpaired) electrons. The lowest BCUT2D eigenvalue weighted by atomic mass is 10.0. The zero-order valence-corrected chi connectivity index (χ0v) is 23.4. The minimum atomic E-state index is 0.446. The second kappa shape index (κ2) is 11.2. The highest BCUT2D eigenvalue weighted by Crippen LogP contribution is 2.41. The van der Waals surface area contributed by atoms with E-state index in [1.54, 1.807) is 32.8 Å². The van der Waals surface area contributed by atoms with Crippen molar-refractivity contribution in [2.45, 2.75) is 13.5 Å². The Balaban J connectivity index is 1.26. The summed E-state index contributed by atoms with van der Waals surface area (Å²) in [6.45, 7) is 8.52. The van der Waals surface area contributed by atoms with E-state index in [1.807, 2.05) is 34.9 Å². The Bertz CT molecular complexity index is 1650. The topological polar surface area (TPSA) is 106 Å². The molecule has 1 fully saturated rings. The van der Waals surface area contributed by atoms with Gasteiger partial charge in [0, 0.05) is 61.5 Å². The van der Waals surface area contributed by atoms with Crippen molar-refractivity contribution < 1.29 is 9.47 Å². The van der Waals surface area contributed by atoms with Gasteiger partial charge < -0.3 is 19.7 Å². The standard InChI is InChI=1S/C28H30ClN9O2/c1-4-36-7-9-37(10-8-36)16-20-6-5-19(15-30-20)33-28-31-14-18-11-23(27-35-32-17-38(27)26(18)34-28)22-12-21(39-2)13-24(40-3)25(22)29/h5-6,11-15,17H,4,7-10,16H2,1-3H3,(H,31,33,34). The van der Waals surface area contributed by atoms with Gasteiger partial charge in [-0.2, -0.15) is 4.98 Å². The van der Waals surface area contributed by atoms with Gasteiger partial charge in [0.2, 0.25) is 5.95 Å². The van der Waals surface area contributed by atoms with E-state index in [4.69, 9.17) is 26.1 Å². The van der Waals surface area contributed by atoms with Crippen molar-refractivity contribution in [3.8, 4) is 22.6 Å². The average molecular weight is 560 g/mol. The molecule has 1 aliphatic heterocycles. The number of hydrogen-bond donors (Lipinski definition) is 1. The number of hydrogen-bond acceptors (Lipinski definition) is 10. The second-order valence-corrected chi connectivity index (χ2v) is 10.00. The Morgan fingerprint density at radius 3 is 2.48 bits per heavy atom. The van der Waals surface area contributed by atoms with E-state index in [2.05, 4.69) is 42.2 Å². The highest BCUT2D eigenvalue weighted by Gasteiger charge is 2.19. The smallest absolute Gasteiger partial charge is 0.229 e. The molecule has 0 saturated carbocycles. The SMILES string of the molecule is CCN1CCN(Cc2ccc(Nc3ncc4cc(-c5cc(OC)cc(OC)c5Cl)c5nncn5c4n3)cn2)CC1. The van der Waals surface area contributed by atoms with Crippen LogP contribution in [0.3, 0.4) is 0 Å². The molecule has 206 valence electrons. The lowest BCUT2D eigenvalue weighted by Gasteiger charge is -2.33. The van der Waals surface area contributed by atoms with Gasteiger partial charge in [-0.25, -0.2) is 4.98 Å². The van der Waals surface area contributed by atoms with Gasteiger partial charge in [0.15, 0.2) is 11.3 Å². The monoisotopic (exact) mass is 559 g/mol. The summed E-state index contributed by atoms with van der Waals surface area (Å²) in [5, 5.41) is 13.0. The molecule has 5 aromatic rings. The number of halogens is 1. The summed E-state index contributed by atoms with van der Waals surface area (Å²) in [6.07, 6.45) is 5.21. The fraction of sp³-hybridized carbons (Fsp3) is 0.321. The molecule has 11 nitrogen and oxygen atoms in total. The molecular formula is C28H30ClN9O2. The number of benzene rings is 1. The van der Waals surface area contributed by atoms with Crippen LogP contribution in [0.15, 0.2) is 49.1 Å². The first kappa shape index (κ1) is 26.2. The molecule has 1 N–H and O–H groups in total. The number of aromatic nitrogens is 6. The Morgan fingerprint density at radius 2 is 1.75 bits per heavy atom. The van der Waals surface area contributed by atoms with E-state index in [1.165, 1.54) is 0 Å². The van der Waals surface area contributed by atoms with E-state index in [-0.39, 0.29) is 0 Å². The van der Waals surface area contributed by atoms with Crippen LogP contribution in [0, 0.1) is 0 Å². The summed E-state index contributed by atoms with van der Waals surface area (Å²) < 4.78 is 12.7. The van der Waals surface area contributed by atoms with Crippen LogP contribution >= 0.6 is 11.6 Å². The first-order valence-corrected chi connectivity index (χ1v) is 13.5. The van der Waals surface area contributed by atoms with Crippen molar-refractivity contribution in [3.63, 3.8) is 0 Å². The Hall–Kier alpha value is -4.06. The van der Waals surface area contributed by atoms with Crippen LogP contribution in [-0.4, -0.2) is 86.3 Å². The van der Waals surface area contributed by atoms with Crippen LogP contribution in [-0.2, 0) is 6.54 Å². The van der Waals surface area contributed by atoms with Gasteiger partial charge in [-0.05, 0) is 30.8 Å². The fourth-order valence-corrected chi connectivity index (χ4v) is 5.27. The molecular weight excluding hydrogens is 530 g/mol. The zero-order chi connectivity index (χ0) is 27.6. The van der Waals surface area contributed by atoms with Crippen LogP contribution in [0.2, 0.25) is 5.02 Å².